The van der Waals surface area contributed by atoms with E-state index in [1.165, 1.54) is 15.4 Å². The van der Waals surface area contributed by atoms with Crippen LogP contribution in [0.3, 0.4) is 0 Å². The van der Waals surface area contributed by atoms with Crippen molar-refractivity contribution < 1.29 is 22.7 Å². The van der Waals surface area contributed by atoms with Crippen molar-refractivity contribution in [2.45, 2.75) is 62.2 Å². The molecular formula is C40H41NO5S. The number of Topliss-reactive ketones (excluding diaryl/α,β-unsaturated/α-hetero) is 1. The van der Waals surface area contributed by atoms with E-state index in [1.807, 2.05) is 54.6 Å². The molecule has 0 bridgehead atoms. The largest absolute Gasteiger partial charge is 0.423 e. The summed E-state index contributed by atoms with van der Waals surface area (Å²) in [6.07, 6.45) is 5.78. The zero-order chi connectivity index (χ0) is 32.8. The van der Waals surface area contributed by atoms with Gasteiger partial charge in [0.15, 0.2) is 0 Å². The number of ketones is 1. The van der Waals surface area contributed by atoms with E-state index in [1.54, 1.807) is 49.5 Å². The van der Waals surface area contributed by atoms with Crippen LogP contribution >= 0.6 is 0 Å². The van der Waals surface area contributed by atoms with Gasteiger partial charge in [-0.05, 0) is 109 Å². The molecule has 4 aromatic rings. The van der Waals surface area contributed by atoms with Crippen molar-refractivity contribution in [3.63, 3.8) is 0 Å². The number of likely N-dealkylation sites (N-methyl/N-ethyl adjacent to an activating group) is 1. The zero-order valence-corrected chi connectivity index (χ0v) is 27.8. The van der Waals surface area contributed by atoms with Gasteiger partial charge >= 0.3 is 5.97 Å². The summed E-state index contributed by atoms with van der Waals surface area (Å²) in [5, 5.41) is 0. The summed E-state index contributed by atoms with van der Waals surface area (Å²) >= 11 is 0. The van der Waals surface area contributed by atoms with Crippen LogP contribution in [-0.2, 0) is 21.2 Å². The van der Waals surface area contributed by atoms with Gasteiger partial charge in [0, 0.05) is 31.3 Å². The number of carbonyl (C=O) groups excluding carboxylic acids is 2. The number of fused-ring (bicyclic) bond motifs is 5. The number of esters is 1. The molecule has 0 spiro atoms. The number of hydrogen-bond donors (Lipinski definition) is 0. The fourth-order valence-electron chi connectivity index (χ4n) is 8.63. The van der Waals surface area contributed by atoms with Gasteiger partial charge in [0.05, 0.1) is 10.5 Å². The van der Waals surface area contributed by atoms with E-state index in [4.69, 9.17) is 4.74 Å². The number of aryl methyl sites for hydroxylation is 1. The molecule has 2 fully saturated rings. The minimum atomic E-state index is -3.68. The van der Waals surface area contributed by atoms with E-state index in [9.17, 15) is 18.0 Å². The number of hydrogen-bond acceptors (Lipinski definition) is 5. The molecule has 7 rings (SSSR count). The molecule has 7 heteroatoms. The number of ether oxygens (including phenoxy) is 1. The number of sulfonamides is 1. The van der Waals surface area contributed by atoms with Gasteiger partial charge in [-0.2, -0.15) is 4.31 Å². The highest BCUT2D eigenvalue weighted by molar-refractivity contribution is 7.89. The number of benzene rings is 4. The SMILES string of the molecule is CN(C[C@@H](c1ccccc1)c1ccc(C(=O)Oc2ccc3c(c2)CC[C@@H]2[C@@H]3CC[C@]3(C)C(=O)CC[C@@H]23)cc1)S(=O)(=O)c1ccccc1. The minimum Gasteiger partial charge on any atom is -0.423 e. The normalized spacial score (nSPS) is 24.2. The Kier molecular flexibility index (Phi) is 8.39. The number of nitrogens with zero attached hydrogens (tertiary/aromatic N) is 1. The Morgan fingerprint density at radius 3 is 2.28 bits per heavy atom. The Morgan fingerprint density at radius 2 is 1.55 bits per heavy atom. The minimum absolute atomic E-state index is 0.138. The summed E-state index contributed by atoms with van der Waals surface area (Å²) < 4.78 is 33.9. The number of carbonyl (C=O) groups is 2. The van der Waals surface area contributed by atoms with Crippen LogP contribution in [0.15, 0.2) is 108 Å². The molecule has 0 amide bonds. The summed E-state index contributed by atoms with van der Waals surface area (Å²) in [5.41, 5.74) is 4.79. The summed E-state index contributed by atoms with van der Waals surface area (Å²) in [6, 6.07) is 31.6. The molecule has 0 radical (unpaired) electrons. The van der Waals surface area contributed by atoms with Crippen LogP contribution in [0.1, 0.15) is 83.5 Å². The second kappa shape index (κ2) is 12.5. The average molecular weight is 648 g/mol. The second-order valence-corrected chi connectivity index (χ2v) is 15.8. The van der Waals surface area contributed by atoms with Crippen LogP contribution < -0.4 is 4.74 Å². The molecule has 3 aliphatic rings. The third-order valence-electron chi connectivity index (χ3n) is 11.3. The molecule has 242 valence electrons. The molecule has 47 heavy (non-hydrogen) atoms. The first-order valence-corrected chi connectivity index (χ1v) is 18.1. The van der Waals surface area contributed by atoms with Crippen LogP contribution in [0.4, 0.5) is 0 Å². The van der Waals surface area contributed by atoms with E-state index in [-0.39, 0.29) is 22.8 Å². The van der Waals surface area contributed by atoms with E-state index in [0.717, 1.165) is 49.7 Å². The van der Waals surface area contributed by atoms with E-state index >= 15 is 0 Å². The van der Waals surface area contributed by atoms with Crippen molar-refractivity contribution in [2.24, 2.45) is 17.3 Å². The van der Waals surface area contributed by atoms with E-state index in [2.05, 4.69) is 13.0 Å². The third kappa shape index (κ3) is 5.85. The summed E-state index contributed by atoms with van der Waals surface area (Å²) in [6.45, 7) is 2.43. The van der Waals surface area contributed by atoms with Gasteiger partial charge in [0.25, 0.3) is 0 Å². The lowest BCUT2D eigenvalue weighted by atomic mass is 9.55. The summed E-state index contributed by atoms with van der Waals surface area (Å²) in [5.74, 6) is 1.84. The molecule has 4 aromatic carbocycles. The highest BCUT2D eigenvalue weighted by atomic mass is 32.2. The maximum atomic E-state index is 13.3. The molecule has 0 N–H and O–H groups in total. The standard InChI is InChI=1S/C40H41NO5S/c1-40-24-23-34-33-20-18-31(25-30(33)17-19-35(34)37(40)21-22-38(40)42)46-39(43)29-15-13-28(14-16-29)36(27-9-5-3-6-10-27)26-41(2)47(44,45)32-11-7-4-8-12-32/h3-16,18,20,25,34-37H,17,19,21-24,26H2,1-2H3/t34-,35-,36+,37+,40+/m1/s1. The average Bonchev–Trinajstić information content (AvgIpc) is 3.41. The van der Waals surface area contributed by atoms with Gasteiger partial charge in [-0.15, -0.1) is 0 Å². The summed E-state index contributed by atoms with van der Waals surface area (Å²) in [4.78, 5) is 26.2. The van der Waals surface area contributed by atoms with Crippen LogP contribution in [0.25, 0.3) is 0 Å². The van der Waals surface area contributed by atoms with E-state index in [0.29, 0.717) is 34.8 Å². The monoisotopic (exact) mass is 647 g/mol. The highest BCUT2D eigenvalue weighted by Gasteiger charge is 2.54. The molecule has 0 unspecified atom stereocenters. The van der Waals surface area contributed by atoms with Crippen molar-refractivity contribution in [1.82, 2.24) is 4.31 Å². The molecule has 3 aliphatic carbocycles. The molecule has 2 saturated carbocycles. The fraction of sp³-hybridized carbons (Fsp3) is 0.350. The maximum Gasteiger partial charge on any atom is 0.343 e. The molecule has 5 atom stereocenters. The lowest BCUT2D eigenvalue weighted by Crippen LogP contribution is -2.42. The fourth-order valence-corrected chi connectivity index (χ4v) is 9.83. The predicted molar refractivity (Wildman–Crippen MR) is 182 cm³/mol. The van der Waals surface area contributed by atoms with Crippen LogP contribution in [0.5, 0.6) is 5.75 Å². The summed E-state index contributed by atoms with van der Waals surface area (Å²) in [7, 11) is -2.08. The lowest BCUT2D eigenvalue weighted by molar-refractivity contribution is -0.129. The van der Waals surface area contributed by atoms with Crippen molar-refractivity contribution in [3.8, 4) is 5.75 Å². The number of rotatable bonds is 8. The molecule has 0 aliphatic heterocycles. The third-order valence-corrected chi connectivity index (χ3v) is 13.1. The van der Waals surface area contributed by atoms with Crippen molar-refractivity contribution in [1.29, 1.82) is 0 Å². The molecular weight excluding hydrogens is 607 g/mol. The lowest BCUT2D eigenvalue weighted by Gasteiger charge is -2.48. The van der Waals surface area contributed by atoms with Gasteiger partial charge in [-0.3, -0.25) is 4.79 Å². The first-order valence-electron chi connectivity index (χ1n) is 16.7. The van der Waals surface area contributed by atoms with Crippen LogP contribution in [0.2, 0.25) is 0 Å². The van der Waals surface area contributed by atoms with Crippen molar-refractivity contribution >= 4 is 21.8 Å². The Hall–Kier alpha value is -4.07. The van der Waals surface area contributed by atoms with Gasteiger partial charge in [0.1, 0.15) is 11.5 Å². The van der Waals surface area contributed by atoms with Gasteiger partial charge < -0.3 is 4.74 Å². The van der Waals surface area contributed by atoms with Crippen molar-refractivity contribution in [2.75, 3.05) is 13.6 Å². The van der Waals surface area contributed by atoms with Gasteiger partial charge in [0.2, 0.25) is 10.0 Å². The highest BCUT2D eigenvalue weighted by Crippen LogP contribution is 2.59. The van der Waals surface area contributed by atoms with Crippen molar-refractivity contribution in [3.05, 3.63) is 131 Å². The topological polar surface area (TPSA) is 80.8 Å². The Morgan fingerprint density at radius 1 is 0.872 bits per heavy atom. The second-order valence-electron chi connectivity index (χ2n) is 13.8. The molecule has 6 nitrogen and oxygen atoms in total. The maximum absolute atomic E-state index is 13.3. The zero-order valence-electron chi connectivity index (χ0n) is 27.0. The van der Waals surface area contributed by atoms with Gasteiger partial charge in [-0.1, -0.05) is 73.7 Å². The Bertz CT molecular complexity index is 1890. The van der Waals surface area contributed by atoms with Crippen LogP contribution in [-0.4, -0.2) is 38.1 Å². The molecule has 0 heterocycles. The Balaban J connectivity index is 1.06. The first-order chi connectivity index (χ1) is 22.6. The first kappa shape index (κ1) is 31.5. The quantitative estimate of drug-likeness (QED) is 0.144. The van der Waals surface area contributed by atoms with Gasteiger partial charge in [-0.25, -0.2) is 13.2 Å². The van der Waals surface area contributed by atoms with E-state index < -0.39 is 16.0 Å². The predicted octanol–water partition coefficient (Wildman–Crippen LogP) is 7.78. The van der Waals surface area contributed by atoms with Crippen LogP contribution in [0, 0.1) is 17.3 Å². The Labute approximate surface area is 277 Å². The molecule has 0 aromatic heterocycles. The smallest absolute Gasteiger partial charge is 0.343 e. The molecule has 0 saturated heterocycles.